The topological polar surface area (TPSA) is 103 Å². The van der Waals surface area contributed by atoms with Crippen LogP contribution >= 0.6 is 0 Å². The van der Waals surface area contributed by atoms with Gasteiger partial charge in [0.15, 0.2) is 0 Å². The summed E-state index contributed by atoms with van der Waals surface area (Å²) >= 11 is 0. The summed E-state index contributed by atoms with van der Waals surface area (Å²) in [6.07, 6.45) is 7.13. The van der Waals surface area contributed by atoms with Crippen molar-refractivity contribution in [2.24, 2.45) is 5.41 Å². The third-order valence-electron chi connectivity index (χ3n) is 5.29. The molecule has 0 aliphatic heterocycles. The van der Waals surface area contributed by atoms with Gasteiger partial charge < -0.3 is 15.7 Å². The first-order chi connectivity index (χ1) is 13.5. The molecule has 1 amide bonds. The van der Waals surface area contributed by atoms with Crippen LogP contribution in [0.2, 0.25) is 0 Å². The van der Waals surface area contributed by atoms with Crippen LogP contribution in [0, 0.1) is 5.41 Å². The zero-order valence-corrected chi connectivity index (χ0v) is 16.1. The van der Waals surface area contributed by atoms with Crippen molar-refractivity contribution in [3.8, 4) is 11.1 Å². The van der Waals surface area contributed by atoms with Crippen LogP contribution in [-0.2, 0) is 0 Å². The van der Waals surface area contributed by atoms with E-state index in [1.165, 1.54) is 0 Å². The normalized spacial score (nSPS) is 15.0. The fraction of sp³-hybridized carbons (Fsp3) is 0.381. The van der Waals surface area contributed by atoms with Crippen LogP contribution in [0.5, 0.6) is 0 Å². The number of aromatic nitrogens is 3. The highest BCUT2D eigenvalue weighted by molar-refractivity contribution is 6.07. The van der Waals surface area contributed by atoms with Crippen molar-refractivity contribution < 1.29 is 9.90 Å². The first-order valence-electron chi connectivity index (χ1n) is 9.59. The fourth-order valence-corrected chi connectivity index (χ4v) is 3.33. The molecule has 1 aromatic carbocycles. The predicted molar refractivity (Wildman–Crippen MR) is 109 cm³/mol. The highest BCUT2D eigenvalue weighted by Crippen LogP contribution is 2.44. The molecule has 1 fully saturated rings. The second-order valence-electron chi connectivity index (χ2n) is 7.91. The molecular formula is C21H25N5O2. The Balaban J connectivity index is 1.73. The molecule has 2 heterocycles. The molecule has 28 heavy (non-hydrogen) atoms. The van der Waals surface area contributed by atoms with Gasteiger partial charge in [0.1, 0.15) is 0 Å². The molecule has 0 spiro atoms. The second kappa shape index (κ2) is 7.24. The maximum atomic E-state index is 12.9. The lowest BCUT2D eigenvalue weighted by molar-refractivity contribution is 0.0936. The first kappa shape index (κ1) is 18.4. The average Bonchev–Trinajstić information content (AvgIpc) is 3.27. The smallest absolute Gasteiger partial charge is 0.254 e. The van der Waals surface area contributed by atoms with Gasteiger partial charge in [-0.3, -0.25) is 14.9 Å². The number of carbonyl (C=O) groups excluding carboxylic acids is 1. The van der Waals surface area contributed by atoms with Crippen molar-refractivity contribution >= 4 is 22.5 Å². The fourth-order valence-electron chi connectivity index (χ4n) is 3.33. The van der Waals surface area contributed by atoms with Gasteiger partial charge in [0.25, 0.3) is 5.91 Å². The Labute approximate surface area is 163 Å². The number of aliphatic hydroxyl groups excluding tert-OH is 1. The molecule has 146 valence electrons. The molecule has 0 saturated heterocycles. The van der Waals surface area contributed by atoms with Gasteiger partial charge in [0.2, 0.25) is 0 Å². The van der Waals surface area contributed by atoms with E-state index < -0.39 is 0 Å². The van der Waals surface area contributed by atoms with Gasteiger partial charge in [-0.15, -0.1) is 0 Å². The van der Waals surface area contributed by atoms with E-state index in [1.54, 1.807) is 12.4 Å². The van der Waals surface area contributed by atoms with Gasteiger partial charge in [-0.2, -0.15) is 5.10 Å². The molecule has 4 rings (SSSR count). The third kappa shape index (κ3) is 3.57. The van der Waals surface area contributed by atoms with E-state index >= 15 is 0 Å². The van der Waals surface area contributed by atoms with E-state index in [9.17, 15) is 9.90 Å². The van der Waals surface area contributed by atoms with Crippen LogP contribution in [0.1, 0.15) is 37.0 Å². The number of nitrogens with one attached hydrogen (secondary N) is 3. The number of H-pyrrole nitrogens is 1. The lowest BCUT2D eigenvalue weighted by Gasteiger charge is -2.18. The van der Waals surface area contributed by atoms with Crippen LogP contribution in [0.4, 0.5) is 5.69 Å². The number of fused-ring (bicyclic) bond motifs is 1. The maximum absolute atomic E-state index is 12.9. The van der Waals surface area contributed by atoms with Gasteiger partial charge >= 0.3 is 0 Å². The molecule has 3 aromatic rings. The minimum atomic E-state index is -0.175. The van der Waals surface area contributed by atoms with Crippen molar-refractivity contribution in [1.82, 2.24) is 20.5 Å². The van der Waals surface area contributed by atoms with Gasteiger partial charge in [0, 0.05) is 41.3 Å². The molecule has 2 aromatic heterocycles. The van der Waals surface area contributed by atoms with Crippen molar-refractivity contribution in [3.63, 3.8) is 0 Å². The van der Waals surface area contributed by atoms with Gasteiger partial charge in [-0.05, 0) is 44.4 Å². The van der Waals surface area contributed by atoms with E-state index in [2.05, 4.69) is 25.8 Å². The number of rotatable bonds is 7. The number of benzene rings is 1. The zero-order valence-electron chi connectivity index (χ0n) is 16.1. The van der Waals surface area contributed by atoms with E-state index in [-0.39, 0.29) is 24.0 Å². The summed E-state index contributed by atoms with van der Waals surface area (Å²) in [7, 11) is 0. The van der Waals surface area contributed by atoms with E-state index in [0.717, 1.165) is 40.6 Å². The van der Waals surface area contributed by atoms with Crippen LogP contribution in [-0.4, -0.2) is 45.4 Å². The molecule has 0 unspecified atom stereocenters. The Hall–Kier alpha value is -2.93. The van der Waals surface area contributed by atoms with Crippen LogP contribution in [0.25, 0.3) is 22.0 Å². The molecule has 7 heteroatoms. The molecule has 0 radical (unpaired) electrons. The first-order valence-corrected chi connectivity index (χ1v) is 9.59. The lowest BCUT2D eigenvalue weighted by Crippen LogP contribution is -2.32. The van der Waals surface area contributed by atoms with E-state index in [1.807, 2.05) is 38.2 Å². The SMILES string of the molecule is CC(C)Nc1c(C(=O)NCC2(CO)CC2)cnc2ccc(-c3cn[nH]c3)cc12. The number of hydrogen-bond acceptors (Lipinski definition) is 5. The number of hydrogen-bond donors (Lipinski definition) is 4. The Morgan fingerprint density at radius 3 is 2.75 bits per heavy atom. The van der Waals surface area contributed by atoms with Crippen molar-refractivity contribution in [2.45, 2.75) is 32.7 Å². The predicted octanol–water partition coefficient (Wildman–Crippen LogP) is 2.95. The van der Waals surface area contributed by atoms with Crippen molar-refractivity contribution in [3.05, 3.63) is 42.4 Å². The van der Waals surface area contributed by atoms with Crippen LogP contribution in [0.15, 0.2) is 36.8 Å². The van der Waals surface area contributed by atoms with Gasteiger partial charge in [0.05, 0.1) is 29.6 Å². The minimum absolute atomic E-state index is 0.106. The summed E-state index contributed by atoms with van der Waals surface area (Å²) in [6, 6.07) is 6.14. The Kier molecular flexibility index (Phi) is 4.77. The summed E-state index contributed by atoms with van der Waals surface area (Å²) in [5, 5.41) is 23.6. The highest BCUT2D eigenvalue weighted by atomic mass is 16.3. The number of nitrogens with zero attached hydrogens (tertiary/aromatic N) is 2. The number of aliphatic hydroxyl groups is 1. The average molecular weight is 379 g/mol. The summed E-state index contributed by atoms with van der Waals surface area (Å²) in [5.41, 5.74) is 3.95. The highest BCUT2D eigenvalue weighted by Gasteiger charge is 2.42. The Bertz CT molecular complexity index is 993. The third-order valence-corrected chi connectivity index (χ3v) is 5.29. The number of amides is 1. The van der Waals surface area contributed by atoms with Crippen molar-refractivity contribution in [2.75, 3.05) is 18.5 Å². The molecule has 0 atom stereocenters. The zero-order chi connectivity index (χ0) is 19.7. The molecule has 1 aliphatic carbocycles. The molecule has 7 nitrogen and oxygen atoms in total. The quantitative estimate of drug-likeness (QED) is 0.505. The van der Waals surface area contributed by atoms with Crippen LogP contribution < -0.4 is 10.6 Å². The summed E-state index contributed by atoms with van der Waals surface area (Å²) in [5.74, 6) is -0.175. The summed E-state index contributed by atoms with van der Waals surface area (Å²) in [4.78, 5) is 17.4. The van der Waals surface area contributed by atoms with E-state index in [0.29, 0.717) is 12.1 Å². The standard InChI is InChI=1S/C21H25N5O2/c1-13(2)26-19-16-7-14(15-8-24-25-9-15)3-4-18(16)22-10-17(19)20(28)23-11-21(12-27)5-6-21/h3-4,7-10,13,27H,5-6,11-12H2,1-2H3,(H,22,26)(H,23,28)(H,24,25). The molecule has 1 saturated carbocycles. The minimum Gasteiger partial charge on any atom is -0.396 e. The van der Waals surface area contributed by atoms with Gasteiger partial charge in [-0.1, -0.05) is 6.07 Å². The summed E-state index contributed by atoms with van der Waals surface area (Å²) < 4.78 is 0. The van der Waals surface area contributed by atoms with Crippen molar-refractivity contribution in [1.29, 1.82) is 0 Å². The largest absolute Gasteiger partial charge is 0.396 e. The monoisotopic (exact) mass is 379 g/mol. The second-order valence-corrected chi connectivity index (χ2v) is 7.91. The molecular weight excluding hydrogens is 354 g/mol. The number of pyridine rings is 1. The maximum Gasteiger partial charge on any atom is 0.254 e. The molecule has 1 aliphatic rings. The molecule has 0 bridgehead atoms. The number of carbonyl (C=O) groups is 1. The summed E-state index contributed by atoms with van der Waals surface area (Å²) in [6.45, 7) is 4.67. The Morgan fingerprint density at radius 1 is 1.29 bits per heavy atom. The lowest BCUT2D eigenvalue weighted by atomic mass is 10.0. The molecule has 4 N–H and O–H groups in total. The Morgan fingerprint density at radius 2 is 2.11 bits per heavy atom. The van der Waals surface area contributed by atoms with E-state index in [4.69, 9.17) is 0 Å². The van der Waals surface area contributed by atoms with Crippen LogP contribution in [0.3, 0.4) is 0 Å². The number of aromatic amines is 1. The number of anilines is 1. The van der Waals surface area contributed by atoms with Gasteiger partial charge in [-0.25, -0.2) is 0 Å².